The van der Waals surface area contributed by atoms with E-state index in [1.807, 2.05) is 13.0 Å². The number of carbonyl (C=O) groups excluding carboxylic acids is 2. The van der Waals surface area contributed by atoms with Gasteiger partial charge in [0.1, 0.15) is 18.1 Å². The molecule has 8 bridgehead atoms. The minimum Gasteiger partial charge on any atom is -0.482 e. The number of esters is 2. The Morgan fingerprint density at radius 1 is 0.763 bits per heavy atom. The van der Waals surface area contributed by atoms with Crippen LogP contribution >= 0.6 is 0 Å². The molecule has 18 rings (SSSR count). The van der Waals surface area contributed by atoms with Crippen molar-refractivity contribution in [3.63, 3.8) is 0 Å². The molecule has 500 valence electrons. The van der Waals surface area contributed by atoms with Crippen molar-refractivity contribution in [2.45, 2.75) is 181 Å². The number of aliphatic hydroxyl groups excluding tert-OH is 4. The molecule has 12 nitrogen and oxygen atoms in total. The summed E-state index contributed by atoms with van der Waals surface area (Å²) in [5.41, 5.74) is 11.7. The summed E-state index contributed by atoms with van der Waals surface area (Å²) in [4.78, 5) is 48.0. The lowest BCUT2D eigenvalue weighted by Crippen LogP contribution is -2.64. The number of allylic oxidation sites excluding steroid dienone is 5. The Kier molecular flexibility index (Phi) is 15.1. The number of rotatable bonds is 9. The lowest BCUT2D eigenvalue weighted by Gasteiger charge is -2.57. The number of hydrogen-bond donors (Lipinski definition) is 4. The lowest BCUT2D eigenvalue weighted by molar-refractivity contribution is -0.210. The highest BCUT2D eigenvalue weighted by Crippen LogP contribution is 2.72. The number of fused-ring (bicyclic) bond motifs is 13. The van der Waals surface area contributed by atoms with Crippen LogP contribution in [0, 0.1) is 40.4 Å². The molecular formula is C85H88O12. The van der Waals surface area contributed by atoms with Crippen LogP contribution in [-0.4, -0.2) is 70.7 Å². The SMILES string of the molecule is CC(CO)=C1CC2c3ccc4cc3C(CC23CCCC3)CC23C=CCC5(Oc6ccc7c(CO)c(C(CCO)COCO)c(=O)oc7c6C(OC(=O)CC6CC(c7cccc8c7CCC7CCCC9C=Cc%10ccccc%10C897)C=CC46)C5OC1=O)C2CC1c2ccccc2C=CC13. The standard InChI is InChI=1S/C85H88O12/c1-48(44-87)64-40-71-62-26-21-52-38-65(62)55(42-82(71)32-6-7-33-82)43-83-34-10-35-84(73(83)41-66-59-15-4-2-11-49(59)22-29-69(66)83)79(96-80(64)91)78(76-72(97-84)30-28-63-67(45-88)75(81(92)95-77(63)76)53(31-36-86)46-93-47-89)94-74(90)39-54-37-51(20-25-58(52)54)60-16-9-18-70-61(60)27-24-57-14-8-13-56-23-19-50-12-3-5-17-68(50)85(56,57)70/h2-5,9-12,15-23,25-26,28-30,34,38,51,53-58,66,69,71,73,78-79,86-89H,6-8,13-14,24,27,31-33,35-37,39-47H2,1H3. The second-order valence-electron chi connectivity index (χ2n) is 31.3. The molecule has 1 aromatic heterocycles. The molecule has 12 heteroatoms. The summed E-state index contributed by atoms with van der Waals surface area (Å²) in [5.74, 6) is -1.30. The molecule has 0 radical (unpaired) electrons. The fourth-order valence-corrected chi connectivity index (χ4v) is 23.6. The maximum absolute atomic E-state index is 16.5. The van der Waals surface area contributed by atoms with Gasteiger partial charge in [-0.3, -0.25) is 4.79 Å². The number of carbonyl (C=O) groups is 2. The number of ether oxygens (including phenoxy) is 4. The van der Waals surface area contributed by atoms with E-state index in [0.29, 0.717) is 59.8 Å². The van der Waals surface area contributed by atoms with Gasteiger partial charge in [0.25, 0.3) is 0 Å². The van der Waals surface area contributed by atoms with Crippen LogP contribution in [0.3, 0.4) is 0 Å². The van der Waals surface area contributed by atoms with Gasteiger partial charge in [-0.05, 0) is 210 Å². The highest BCUT2D eigenvalue weighted by Gasteiger charge is 2.70. The third kappa shape index (κ3) is 9.13. The van der Waals surface area contributed by atoms with Gasteiger partial charge in [-0.2, -0.15) is 0 Å². The lowest BCUT2D eigenvalue weighted by atomic mass is 9.48. The Morgan fingerprint density at radius 2 is 1.59 bits per heavy atom. The fourth-order valence-electron chi connectivity index (χ4n) is 23.6. The average molecular weight is 1300 g/mol. The van der Waals surface area contributed by atoms with Gasteiger partial charge in [0.15, 0.2) is 17.8 Å². The first-order valence-electron chi connectivity index (χ1n) is 36.5. The molecular weight excluding hydrogens is 1210 g/mol. The van der Waals surface area contributed by atoms with E-state index in [9.17, 15) is 20.4 Å². The second-order valence-corrected chi connectivity index (χ2v) is 31.3. The van der Waals surface area contributed by atoms with Crippen LogP contribution < -0.4 is 10.4 Å². The van der Waals surface area contributed by atoms with Crippen LogP contribution in [0.4, 0.5) is 0 Å². The van der Waals surface area contributed by atoms with E-state index in [1.54, 1.807) is 6.07 Å². The zero-order valence-electron chi connectivity index (χ0n) is 55.5. The molecule has 16 unspecified atom stereocenters. The molecule has 3 spiro atoms. The van der Waals surface area contributed by atoms with Crippen LogP contribution in [0.1, 0.15) is 224 Å². The smallest absolute Gasteiger partial charge is 0.340 e. The van der Waals surface area contributed by atoms with Crippen molar-refractivity contribution in [1.29, 1.82) is 0 Å². The van der Waals surface area contributed by atoms with Gasteiger partial charge in [0, 0.05) is 70.5 Å². The minimum absolute atomic E-state index is 0.00641. The summed E-state index contributed by atoms with van der Waals surface area (Å²) < 4.78 is 35.0. The van der Waals surface area contributed by atoms with Crippen LogP contribution in [0.15, 0.2) is 154 Å². The topological polar surface area (TPSA) is 182 Å². The quantitative estimate of drug-likeness (QED) is 0.0354. The molecule has 3 fully saturated rings. The van der Waals surface area contributed by atoms with Crippen molar-refractivity contribution in [2.75, 3.05) is 26.6 Å². The zero-order valence-corrected chi connectivity index (χ0v) is 55.5. The van der Waals surface area contributed by atoms with E-state index in [4.69, 9.17) is 23.4 Å². The predicted molar refractivity (Wildman–Crippen MR) is 370 cm³/mol. The van der Waals surface area contributed by atoms with Gasteiger partial charge in [0.05, 0.1) is 25.4 Å². The van der Waals surface area contributed by atoms with Crippen molar-refractivity contribution in [3.05, 3.63) is 227 Å². The van der Waals surface area contributed by atoms with Gasteiger partial charge >= 0.3 is 17.6 Å². The molecule has 6 aromatic rings. The number of hydrogen-bond acceptors (Lipinski definition) is 12. The Labute approximate surface area is 567 Å². The summed E-state index contributed by atoms with van der Waals surface area (Å²) in [7, 11) is 0. The summed E-state index contributed by atoms with van der Waals surface area (Å²) >= 11 is 0. The molecule has 3 aliphatic heterocycles. The average Bonchev–Trinajstić information content (AvgIpc) is 1.64. The van der Waals surface area contributed by atoms with Crippen LogP contribution in [0.5, 0.6) is 5.75 Å². The van der Waals surface area contributed by atoms with E-state index in [1.165, 1.54) is 68.5 Å². The highest BCUT2D eigenvalue weighted by molar-refractivity contribution is 5.91. The molecule has 12 aliphatic rings. The van der Waals surface area contributed by atoms with Crippen molar-refractivity contribution in [3.8, 4) is 5.75 Å². The molecule has 5 aromatic carbocycles. The zero-order chi connectivity index (χ0) is 65.7. The maximum atomic E-state index is 16.5. The third-order valence-electron chi connectivity index (χ3n) is 27.4. The Morgan fingerprint density at radius 3 is 2.43 bits per heavy atom. The summed E-state index contributed by atoms with van der Waals surface area (Å²) in [5, 5.41) is 43.5. The molecule has 4 N–H and O–H groups in total. The summed E-state index contributed by atoms with van der Waals surface area (Å²) in [6.45, 7) is -0.207. The third-order valence-corrected chi connectivity index (χ3v) is 27.4. The largest absolute Gasteiger partial charge is 0.482 e. The molecule has 3 saturated carbocycles. The number of aliphatic hydroxyl groups is 4. The molecule has 0 saturated heterocycles. The van der Waals surface area contributed by atoms with Crippen molar-refractivity contribution in [2.24, 2.45) is 40.4 Å². The first-order valence-corrected chi connectivity index (χ1v) is 36.5. The van der Waals surface area contributed by atoms with Gasteiger partial charge in [-0.25, -0.2) is 9.59 Å². The summed E-state index contributed by atoms with van der Waals surface area (Å²) in [6, 6.07) is 35.8. The summed E-state index contributed by atoms with van der Waals surface area (Å²) in [6.07, 6.45) is 30.3. The highest BCUT2D eigenvalue weighted by atomic mass is 16.6. The van der Waals surface area contributed by atoms with E-state index >= 15 is 14.4 Å². The first-order chi connectivity index (χ1) is 47.4. The van der Waals surface area contributed by atoms with E-state index in [2.05, 4.69) is 134 Å². The van der Waals surface area contributed by atoms with Gasteiger partial charge in [0.2, 0.25) is 0 Å². The van der Waals surface area contributed by atoms with Crippen LogP contribution in [0.25, 0.3) is 23.1 Å². The van der Waals surface area contributed by atoms with E-state index in [-0.39, 0.29) is 113 Å². The van der Waals surface area contributed by atoms with Crippen molar-refractivity contribution < 1.29 is 53.4 Å². The van der Waals surface area contributed by atoms with E-state index in [0.717, 1.165) is 57.8 Å². The Hall–Kier alpha value is -7.45. The molecule has 4 heterocycles. The van der Waals surface area contributed by atoms with E-state index < -0.39 is 60.1 Å². The maximum Gasteiger partial charge on any atom is 0.340 e. The molecule has 97 heavy (non-hydrogen) atoms. The second kappa shape index (κ2) is 23.6. The van der Waals surface area contributed by atoms with Crippen molar-refractivity contribution in [1.82, 2.24) is 0 Å². The monoisotopic (exact) mass is 1300 g/mol. The van der Waals surface area contributed by atoms with Gasteiger partial charge < -0.3 is 43.8 Å². The minimum atomic E-state index is -1.42. The Bertz CT molecular complexity index is 4440. The van der Waals surface area contributed by atoms with Crippen LogP contribution in [0.2, 0.25) is 0 Å². The Balaban J connectivity index is 0.872. The van der Waals surface area contributed by atoms with Gasteiger partial charge in [-0.15, -0.1) is 0 Å². The van der Waals surface area contributed by atoms with Crippen LogP contribution in [-0.2, 0) is 42.2 Å². The predicted octanol–water partition coefficient (Wildman–Crippen LogP) is 15.2. The molecule has 16 atom stereocenters. The fraction of sp³-hybridized carbons (Fsp3) is 0.471. The van der Waals surface area contributed by atoms with Gasteiger partial charge in [-0.1, -0.05) is 153 Å². The molecule has 0 amide bonds. The first kappa shape index (κ1) is 61.8. The molecule has 9 aliphatic carbocycles. The normalized spacial score (nSPS) is 34.1. The number of benzene rings is 5. The van der Waals surface area contributed by atoms with Crippen molar-refractivity contribution >= 4 is 35.1 Å².